The van der Waals surface area contributed by atoms with Crippen LogP contribution in [0.1, 0.15) is 35.2 Å². The Bertz CT molecular complexity index is 618. The highest BCUT2D eigenvalue weighted by Crippen LogP contribution is 2.11. The molecule has 0 spiro atoms. The summed E-state index contributed by atoms with van der Waals surface area (Å²) in [5.74, 6) is -0.862. The van der Waals surface area contributed by atoms with Crippen molar-refractivity contribution >= 4 is 17.7 Å². The number of nitrogens with zero attached hydrogens (tertiary/aromatic N) is 1. The Morgan fingerprint density at radius 1 is 1.33 bits per heavy atom. The van der Waals surface area contributed by atoms with E-state index in [1.165, 1.54) is 4.90 Å². The molecule has 1 heterocycles. The summed E-state index contributed by atoms with van der Waals surface area (Å²) in [6, 6.07) is 6.97. The van der Waals surface area contributed by atoms with Gasteiger partial charge in [-0.05, 0) is 37.0 Å². The van der Waals surface area contributed by atoms with E-state index in [1.807, 2.05) is 6.07 Å². The molecule has 0 radical (unpaired) electrons. The third-order valence-corrected chi connectivity index (χ3v) is 3.99. The zero-order chi connectivity index (χ0) is 17.5. The lowest BCUT2D eigenvalue weighted by atomic mass is 10.1. The third-order valence-electron chi connectivity index (χ3n) is 3.99. The zero-order valence-corrected chi connectivity index (χ0v) is 13.7. The van der Waals surface area contributed by atoms with Crippen LogP contribution >= 0.6 is 0 Å². The average Bonchev–Trinajstić information content (AvgIpc) is 2.75. The first kappa shape index (κ1) is 17.9. The van der Waals surface area contributed by atoms with Crippen molar-refractivity contribution in [3.05, 3.63) is 35.4 Å². The maximum Gasteiger partial charge on any atom is 0.251 e. The lowest BCUT2D eigenvalue weighted by Crippen LogP contribution is -2.44. The first-order valence-corrected chi connectivity index (χ1v) is 8.06. The highest BCUT2D eigenvalue weighted by Gasteiger charge is 2.26. The van der Waals surface area contributed by atoms with E-state index in [0.29, 0.717) is 18.5 Å². The zero-order valence-electron chi connectivity index (χ0n) is 13.7. The van der Waals surface area contributed by atoms with Gasteiger partial charge in [-0.25, -0.2) is 0 Å². The minimum atomic E-state index is -1.01. The second kappa shape index (κ2) is 8.44. The lowest BCUT2D eigenvalue weighted by molar-refractivity contribution is -0.142. The van der Waals surface area contributed by atoms with Gasteiger partial charge in [0, 0.05) is 25.7 Å². The van der Waals surface area contributed by atoms with Gasteiger partial charge >= 0.3 is 0 Å². The summed E-state index contributed by atoms with van der Waals surface area (Å²) in [4.78, 5) is 37.0. The van der Waals surface area contributed by atoms with Crippen LogP contribution in [0.3, 0.4) is 0 Å². The van der Waals surface area contributed by atoms with Gasteiger partial charge < -0.3 is 20.6 Å². The van der Waals surface area contributed by atoms with Gasteiger partial charge in [-0.15, -0.1) is 0 Å². The topological polar surface area (TPSA) is 98.7 Å². The van der Waals surface area contributed by atoms with E-state index in [2.05, 4.69) is 10.6 Å². The molecule has 130 valence electrons. The van der Waals surface area contributed by atoms with Gasteiger partial charge in [0.05, 0.1) is 6.54 Å². The average molecular weight is 333 g/mol. The molecule has 0 aromatic heterocycles. The van der Waals surface area contributed by atoms with Crippen molar-refractivity contribution in [1.82, 2.24) is 15.5 Å². The van der Waals surface area contributed by atoms with Crippen molar-refractivity contribution in [1.29, 1.82) is 0 Å². The molecule has 1 atom stereocenters. The second-order valence-electron chi connectivity index (χ2n) is 5.83. The quantitative estimate of drug-likeness (QED) is 0.708. The maximum absolute atomic E-state index is 12.1. The molecule has 7 heteroatoms. The summed E-state index contributed by atoms with van der Waals surface area (Å²) >= 11 is 0. The van der Waals surface area contributed by atoms with Gasteiger partial charge in [0.25, 0.3) is 11.8 Å². The predicted octanol–water partition coefficient (Wildman–Crippen LogP) is 0.0358. The van der Waals surface area contributed by atoms with Crippen LogP contribution in [-0.2, 0) is 16.1 Å². The first-order chi connectivity index (χ1) is 11.5. The van der Waals surface area contributed by atoms with Crippen molar-refractivity contribution in [2.75, 3.05) is 20.1 Å². The first-order valence-electron chi connectivity index (χ1n) is 8.06. The van der Waals surface area contributed by atoms with Crippen molar-refractivity contribution in [3.8, 4) is 0 Å². The van der Waals surface area contributed by atoms with Crippen LogP contribution in [-0.4, -0.2) is 54.0 Å². The molecule has 7 nitrogen and oxygen atoms in total. The van der Waals surface area contributed by atoms with Crippen LogP contribution in [0.4, 0.5) is 0 Å². The predicted molar refractivity (Wildman–Crippen MR) is 88.1 cm³/mol. The fourth-order valence-electron chi connectivity index (χ4n) is 2.64. The highest BCUT2D eigenvalue weighted by molar-refractivity contribution is 5.94. The Hall–Kier alpha value is -2.41. The molecule has 1 saturated heterocycles. The second-order valence-corrected chi connectivity index (χ2v) is 5.83. The molecule has 2 rings (SSSR count). The molecule has 24 heavy (non-hydrogen) atoms. The van der Waals surface area contributed by atoms with Crippen LogP contribution < -0.4 is 10.6 Å². The Morgan fingerprint density at radius 3 is 2.88 bits per heavy atom. The minimum absolute atomic E-state index is 0.0645. The number of carbonyl (C=O) groups excluding carboxylic acids is 3. The van der Waals surface area contributed by atoms with E-state index in [1.54, 1.807) is 25.2 Å². The van der Waals surface area contributed by atoms with E-state index in [4.69, 9.17) is 0 Å². The molecular formula is C17H23N3O4. The van der Waals surface area contributed by atoms with Gasteiger partial charge in [0.15, 0.2) is 0 Å². The lowest BCUT2D eigenvalue weighted by Gasteiger charge is -2.21. The summed E-state index contributed by atoms with van der Waals surface area (Å²) in [5, 5.41) is 15.0. The molecule has 1 aromatic rings. The Balaban J connectivity index is 1.89. The molecular weight excluding hydrogens is 310 g/mol. The van der Waals surface area contributed by atoms with E-state index < -0.39 is 6.10 Å². The Morgan fingerprint density at radius 2 is 2.12 bits per heavy atom. The summed E-state index contributed by atoms with van der Waals surface area (Å²) in [7, 11) is 1.56. The highest BCUT2D eigenvalue weighted by atomic mass is 16.3. The number of nitrogens with one attached hydrogen (secondary N) is 2. The summed E-state index contributed by atoms with van der Waals surface area (Å²) in [6.45, 7) is 0.689. The molecule has 0 aliphatic carbocycles. The van der Waals surface area contributed by atoms with Gasteiger partial charge in [0.1, 0.15) is 6.10 Å². The van der Waals surface area contributed by atoms with E-state index in [9.17, 15) is 19.5 Å². The molecule has 1 aliphatic rings. The van der Waals surface area contributed by atoms with Crippen LogP contribution in [0.25, 0.3) is 0 Å². The number of likely N-dealkylation sites (tertiary alicyclic amines) is 1. The number of hydrogen-bond donors (Lipinski definition) is 3. The van der Waals surface area contributed by atoms with Gasteiger partial charge in [-0.1, -0.05) is 12.1 Å². The Labute approximate surface area is 141 Å². The van der Waals surface area contributed by atoms with Crippen molar-refractivity contribution in [2.45, 2.75) is 31.9 Å². The normalized spacial score (nSPS) is 18.0. The monoisotopic (exact) mass is 333 g/mol. The van der Waals surface area contributed by atoms with Gasteiger partial charge in [0.2, 0.25) is 5.91 Å². The number of aliphatic hydroxyl groups is 1. The van der Waals surface area contributed by atoms with Crippen LogP contribution in [0, 0.1) is 0 Å². The number of rotatable bonds is 5. The van der Waals surface area contributed by atoms with Gasteiger partial charge in [-0.2, -0.15) is 0 Å². The molecule has 3 N–H and O–H groups in total. The third kappa shape index (κ3) is 4.79. The van der Waals surface area contributed by atoms with Crippen molar-refractivity contribution in [2.24, 2.45) is 0 Å². The summed E-state index contributed by atoms with van der Waals surface area (Å²) < 4.78 is 0. The number of benzene rings is 1. The molecule has 1 fully saturated rings. The number of carbonyl (C=O) groups is 3. The van der Waals surface area contributed by atoms with Crippen LogP contribution in [0.15, 0.2) is 24.3 Å². The van der Waals surface area contributed by atoms with E-state index in [0.717, 1.165) is 18.4 Å². The summed E-state index contributed by atoms with van der Waals surface area (Å²) in [6.07, 6.45) is 0.995. The molecule has 0 saturated carbocycles. The van der Waals surface area contributed by atoms with Crippen LogP contribution in [0.2, 0.25) is 0 Å². The van der Waals surface area contributed by atoms with Crippen molar-refractivity contribution in [3.63, 3.8) is 0 Å². The van der Waals surface area contributed by atoms with Crippen molar-refractivity contribution < 1.29 is 19.5 Å². The molecule has 1 aromatic carbocycles. The summed E-state index contributed by atoms with van der Waals surface area (Å²) in [5.41, 5.74) is 1.32. The molecule has 1 aliphatic heterocycles. The standard InChI is InChI=1S/C17H23N3O4/c1-18-16(23)13-6-4-5-12(9-13)10-19-15(22)11-20-8-3-2-7-14(21)17(20)24/h4-6,9,14,21H,2-3,7-8,10-11H2,1H3,(H,18,23)(H,19,22). The SMILES string of the molecule is CNC(=O)c1cccc(CNC(=O)CN2CCCCC(O)C2=O)c1. The van der Waals surface area contributed by atoms with E-state index >= 15 is 0 Å². The molecule has 3 amide bonds. The Kier molecular flexibility index (Phi) is 6.31. The van der Waals surface area contributed by atoms with E-state index in [-0.39, 0.29) is 30.8 Å². The van der Waals surface area contributed by atoms with Gasteiger partial charge in [-0.3, -0.25) is 14.4 Å². The minimum Gasteiger partial charge on any atom is -0.383 e. The molecule has 0 bridgehead atoms. The number of aliphatic hydroxyl groups excluding tert-OH is 1. The largest absolute Gasteiger partial charge is 0.383 e. The van der Waals surface area contributed by atoms with Crippen LogP contribution in [0.5, 0.6) is 0 Å². The fraction of sp³-hybridized carbons (Fsp3) is 0.471. The molecule has 1 unspecified atom stereocenters. The fourth-order valence-corrected chi connectivity index (χ4v) is 2.64. The number of amides is 3. The maximum atomic E-state index is 12.1. The smallest absolute Gasteiger partial charge is 0.251 e. The number of hydrogen-bond acceptors (Lipinski definition) is 4.